The predicted molar refractivity (Wildman–Crippen MR) is 75.4 cm³/mol. The Labute approximate surface area is 118 Å². The number of carboxylic acids is 1. The van der Waals surface area contributed by atoms with Gasteiger partial charge in [0.05, 0.1) is 0 Å². The first-order valence-corrected chi connectivity index (χ1v) is 6.61. The second kappa shape index (κ2) is 8.14. The second-order valence-corrected chi connectivity index (χ2v) is 4.81. The quantitative estimate of drug-likeness (QED) is 0.792. The van der Waals surface area contributed by atoms with Crippen molar-refractivity contribution in [2.75, 3.05) is 13.6 Å². The first kappa shape index (κ1) is 15.9. The van der Waals surface area contributed by atoms with E-state index in [4.69, 9.17) is 5.11 Å². The van der Waals surface area contributed by atoms with E-state index in [1.165, 1.54) is 0 Å². The molecule has 0 aliphatic rings. The average molecular weight is 279 g/mol. The van der Waals surface area contributed by atoms with Crippen molar-refractivity contribution in [1.82, 2.24) is 15.2 Å². The number of pyridine rings is 1. The predicted octanol–water partition coefficient (Wildman–Crippen LogP) is 1.52. The fraction of sp³-hybridized carbons (Fsp3) is 0.500. The van der Waals surface area contributed by atoms with Crippen LogP contribution in [0.3, 0.4) is 0 Å². The molecule has 1 aromatic heterocycles. The molecule has 1 unspecified atom stereocenters. The van der Waals surface area contributed by atoms with Crippen LogP contribution in [0.4, 0.5) is 4.79 Å². The summed E-state index contributed by atoms with van der Waals surface area (Å²) in [6, 6.07) is 3.50. The molecular formula is C14H21N3O3. The minimum absolute atomic E-state index is 0.0577. The molecule has 0 aromatic carbocycles. The maximum Gasteiger partial charge on any atom is 0.317 e. The average Bonchev–Trinajstić information content (AvgIpc) is 2.43. The molecule has 1 heterocycles. The number of likely N-dealkylation sites (N-methyl/N-ethyl adjacent to an activating group) is 1. The standard InChI is InChI=1S/C14H21N3O3/c1-11(3-4-13(18)19)16-14(20)17(2)10-7-12-5-8-15-9-6-12/h5-6,8-9,11H,3-4,7,10H2,1-2H3,(H,16,20)(H,18,19). The molecule has 110 valence electrons. The summed E-state index contributed by atoms with van der Waals surface area (Å²) < 4.78 is 0. The summed E-state index contributed by atoms with van der Waals surface area (Å²) >= 11 is 0. The lowest BCUT2D eigenvalue weighted by Gasteiger charge is -2.21. The number of nitrogens with zero attached hydrogens (tertiary/aromatic N) is 2. The van der Waals surface area contributed by atoms with Gasteiger partial charge in [0, 0.05) is 38.4 Å². The lowest BCUT2D eigenvalue weighted by atomic mass is 10.2. The van der Waals surface area contributed by atoms with E-state index in [0.29, 0.717) is 13.0 Å². The summed E-state index contributed by atoms with van der Waals surface area (Å²) in [6.07, 6.45) is 4.70. The van der Waals surface area contributed by atoms with Gasteiger partial charge in [0.1, 0.15) is 0 Å². The molecule has 0 aliphatic heterocycles. The minimum atomic E-state index is -0.850. The molecule has 0 fully saturated rings. The van der Waals surface area contributed by atoms with E-state index in [2.05, 4.69) is 10.3 Å². The van der Waals surface area contributed by atoms with Crippen LogP contribution in [0.1, 0.15) is 25.3 Å². The number of carboxylic acid groups (broad SMARTS) is 1. The number of carbonyl (C=O) groups is 2. The van der Waals surface area contributed by atoms with Crippen LogP contribution in [0.25, 0.3) is 0 Å². The fourth-order valence-electron chi connectivity index (χ4n) is 1.68. The number of hydrogen-bond donors (Lipinski definition) is 2. The topological polar surface area (TPSA) is 82.5 Å². The molecule has 1 atom stereocenters. The van der Waals surface area contributed by atoms with E-state index in [-0.39, 0.29) is 18.5 Å². The molecule has 1 aromatic rings. The third-order valence-corrected chi connectivity index (χ3v) is 2.99. The van der Waals surface area contributed by atoms with Crippen LogP contribution < -0.4 is 5.32 Å². The molecule has 1 rings (SSSR count). The van der Waals surface area contributed by atoms with Gasteiger partial charge in [-0.3, -0.25) is 9.78 Å². The molecule has 0 radical (unpaired) electrons. The van der Waals surface area contributed by atoms with Crippen LogP contribution in [0, 0.1) is 0 Å². The molecule has 6 heteroatoms. The third-order valence-electron chi connectivity index (χ3n) is 2.99. The summed E-state index contributed by atoms with van der Waals surface area (Å²) in [6.45, 7) is 2.40. The number of nitrogens with one attached hydrogen (secondary N) is 1. The summed E-state index contributed by atoms with van der Waals surface area (Å²) in [4.78, 5) is 27.9. The van der Waals surface area contributed by atoms with Gasteiger partial charge in [-0.1, -0.05) is 0 Å². The highest BCUT2D eigenvalue weighted by Crippen LogP contribution is 2.01. The number of aliphatic carboxylic acids is 1. The van der Waals surface area contributed by atoms with Crippen molar-refractivity contribution >= 4 is 12.0 Å². The van der Waals surface area contributed by atoms with Crippen LogP contribution >= 0.6 is 0 Å². The number of aromatic nitrogens is 1. The molecule has 0 saturated carbocycles. The van der Waals surface area contributed by atoms with Crippen LogP contribution in [-0.2, 0) is 11.2 Å². The number of urea groups is 1. The number of amides is 2. The zero-order chi connectivity index (χ0) is 15.0. The summed E-state index contributed by atoms with van der Waals surface area (Å²) in [7, 11) is 1.72. The minimum Gasteiger partial charge on any atom is -0.481 e. The van der Waals surface area contributed by atoms with Crippen LogP contribution in [-0.4, -0.2) is 46.6 Å². The Balaban J connectivity index is 2.30. The summed E-state index contributed by atoms with van der Waals surface area (Å²) in [5.41, 5.74) is 1.12. The monoisotopic (exact) mass is 279 g/mol. The SMILES string of the molecule is CC(CCC(=O)O)NC(=O)N(C)CCc1ccncc1. The molecule has 20 heavy (non-hydrogen) atoms. The van der Waals surface area contributed by atoms with Crippen molar-refractivity contribution in [3.05, 3.63) is 30.1 Å². The Morgan fingerprint density at radius 2 is 2.05 bits per heavy atom. The van der Waals surface area contributed by atoms with E-state index < -0.39 is 5.97 Å². The molecule has 0 aliphatic carbocycles. The molecule has 6 nitrogen and oxygen atoms in total. The Morgan fingerprint density at radius 3 is 2.65 bits per heavy atom. The Hall–Kier alpha value is -2.11. The van der Waals surface area contributed by atoms with E-state index in [0.717, 1.165) is 12.0 Å². The highest BCUT2D eigenvalue weighted by Gasteiger charge is 2.12. The summed E-state index contributed by atoms with van der Waals surface area (Å²) in [5.74, 6) is -0.850. The van der Waals surface area contributed by atoms with Gasteiger partial charge in [-0.15, -0.1) is 0 Å². The van der Waals surface area contributed by atoms with E-state index >= 15 is 0 Å². The molecular weight excluding hydrogens is 258 g/mol. The van der Waals surface area contributed by atoms with Crippen molar-refractivity contribution < 1.29 is 14.7 Å². The van der Waals surface area contributed by atoms with E-state index in [9.17, 15) is 9.59 Å². The highest BCUT2D eigenvalue weighted by molar-refractivity contribution is 5.74. The van der Waals surface area contributed by atoms with Crippen LogP contribution in [0.2, 0.25) is 0 Å². The maximum atomic E-state index is 11.9. The molecule has 0 spiro atoms. The molecule has 0 bridgehead atoms. The first-order chi connectivity index (χ1) is 9.49. The van der Waals surface area contributed by atoms with Gasteiger partial charge in [0.25, 0.3) is 0 Å². The largest absolute Gasteiger partial charge is 0.481 e. The highest BCUT2D eigenvalue weighted by atomic mass is 16.4. The Kier molecular flexibility index (Phi) is 6.49. The second-order valence-electron chi connectivity index (χ2n) is 4.81. The van der Waals surface area contributed by atoms with Gasteiger partial charge in [0.15, 0.2) is 0 Å². The smallest absolute Gasteiger partial charge is 0.317 e. The van der Waals surface area contributed by atoms with Gasteiger partial charge in [-0.2, -0.15) is 0 Å². The molecule has 2 N–H and O–H groups in total. The Bertz CT molecular complexity index is 437. The summed E-state index contributed by atoms with van der Waals surface area (Å²) in [5, 5.41) is 11.4. The van der Waals surface area contributed by atoms with Crippen molar-refractivity contribution in [1.29, 1.82) is 0 Å². The van der Waals surface area contributed by atoms with Gasteiger partial charge in [-0.05, 0) is 37.5 Å². The third kappa shape index (κ3) is 6.17. The number of carbonyl (C=O) groups excluding carboxylic acids is 1. The zero-order valence-corrected chi connectivity index (χ0v) is 11.9. The zero-order valence-electron chi connectivity index (χ0n) is 11.9. The van der Waals surface area contributed by atoms with E-state index in [1.807, 2.05) is 12.1 Å². The van der Waals surface area contributed by atoms with Crippen molar-refractivity contribution in [3.8, 4) is 0 Å². The normalized spacial score (nSPS) is 11.7. The van der Waals surface area contributed by atoms with Gasteiger partial charge < -0.3 is 15.3 Å². The van der Waals surface area contributed by atoms with Gasteiger partial charge >= 0.3 is 12.0 Å². The molecule has 0 saturated heterocycles. The lowest BCUT2D eigenvalue weighted by molar-refractivity contribution is -0.137. The number of rotatable bonds is 7. The van der Waals surface area contributed by atoms with Crippen molar-refractivity contribution in [3.63, 3.8) is 0 Å². The lowest BCUT2D eigenvalue weighted by Crippen LogP contribution is -2.42. The molecule has 2 amide bonds. The number of hydrogen-bond acceptors (Lipinski definition) is 3. The Morgan fingerprint density at radius 1 is 1.40 bits per heavy atom. The fourth-order valence-corrected chi connectivity index (χ4v) is 1.68. The van der Waals surface area contributed by atoms with E-state index in [1.54, 1.807) is 31.3 Å². The van der Waals surface area contributed by atoms with Crippen LogP contribution in [0.15, 0.2) is 24.5 Å². The van der Waals surface area contributed by atoms with Crippen molar-refractivity contribution in [2.24, 2.45) is 0 Å². The van der Waals surface area contributed by atoms with Gasteiger partial charge in [-0.25, -0.2) is 4.79 Å². The van der Waals surface area contributed by atoms with Gasteiger partial charge in [0.2, 0.25) is 0 Å². The first-order valence-electron chi connectivity index (χ1n) is 6.61. The van der Waals surface area contributed by atoms with Crippen molar-refractivity contribution in [2.45, 2.75) is 32.2 Å². The van der Waals surface area contributed by atoms with Crippen LogP contribution in [0.5, 0.6) is 0 Å². The maximum absolute atomic E-state index is 11.9.